The van der Waals surface area contributed by atoms with Crippen molar-refractivity contribution in [2.45, 2.75) is 70.7 Å². The summed E-state index contributed by atoms with van der Waals surface area (Å²) >= 11 is 0. The van der Waals surface area contributed by atoms with Crippen molar-refractivity contribution in [2.24, 2.45) is 5.92 Å². The van der Waals surface area contributed by atoms with Crippen molar-refractivity contribution in [3.8, 4) is 0 Å². The Morgan fingerprint density at radius 2 is 1.53 bits per heavy atom. The number of carbonyl (C=O) groups is 3. The van der Waals surface area contributed by atoms with E-state index in [1.807, 2.05) is 20.8 Å². The van der Waals surface area contributed by atoms with Crippen LogP contribution in [-0.2, 0) is 23.9 Å². The second-order valence-corrected chi connectivity index (χ2v) is 10.6. The highest BCUT2D eigenvalue weighted by Crippen LogP contribution is 2.23. The van der Waals surface area contributed by atoms with E-state index in [1.165, 1.54) is 0 Å². The number of esters is 1. The smallest absolute Gasteiger partial charge is 0.340 e. The average Bonchev–Trinajstić information content (AvgIpc) is 2.81. The van der Waals surface area contributed by atoms with Crippen molar-refractivity contribution in [3.63, 3.8) is 0 Å². The summed E-state index contributed by atoms with van der Waals surface area (Å²) in [4.78, 5) is 38.7. The number of piperidine rings is 2. The number of nitrogens with one attached hydrogen (secondary N) is 1. The molecule has 3 saturated heterocycles. The fourth-order valence-electron chi connectivity index (χ4n) is 4.81. The molecule has 194 valence electrons. The van der Waals surface area contributed by atoms with Gasteiger partial charge in [-0.1, -0.05) is 0 Å². The number of hydrogen-bond acceptors (Lipinski definition) is 9. The van der Waals surface area contributed by atoms with Crippen LogP contribution in [0.3, 0.4) is 0 Å². The molecule has 10 heteroatoms. The molecule has 2 N–H and O–H groups in total. The van der Waals surface area contributed by atoms with Gasteiger partial charge in [-0.2, -0.15) is 0 Å². The van der Waals surface area contributed by atoms with Crippen molar-refractivity contribution in [1.29, 1.82) is 0 Å². The highest BCUT2D eigenvalue weighted by atomic mass is 16.6. The van der Waals surface area contributed by atoms with Crippen molar-refractivity contribution >= 4 is 17.7 Å². The topological polar surface area (TPSA) is 112 Å². The zero-order valence-corrected chi connectivity index (χ0v) is 21.0. The van der Waals surface area contributed by atoms with Crippen molar-refractivity contribution in [1.82, 2.24) is 20.2 Å². The monoisotopic (exact) mass is 482 g/mol. The van der Waals surface area contributed by atoms with E-state index in [2.05, 4.69) is 20.2 Å². The summed E-state index contributed by atoms with van der Waals surface area (Å²) in [5, 5.41) is 17.4. The van der Waals surface area contributed by atoms with Crippen LogP contribution in [0, 0.1) is 5.92 Å². The number of ether oxygens (including phenoxy) is 2. The Morgan fingerprint density at radius 1 is 0.941 bits per heavy atom. The van der Waals surface area contributed by atoms with E-state index >= 15 is 0 Å². The van der Waals surface area contributed by atoms with Crippen molar-refractivity contribution < 1.29 is 29.0 Å². The normalized spacial score (nSPS) is 23.5. The summed E-state index contributed by atoms with van der Waals surface area (Å²) in [6, 6.07) is 0. The number of Topliss-reactive ketones (excluding diaryl/α,β-unsaturated/α-hetero) is 1. The minimum Gasteiger partial charge on any atom is -0.479 e. The first-order chi connectivity index (χ1) is 16.1. The van der Waals surface area contributed by atoms with Crippen LogP contribution >= 0.6 is 0 Å². The van der Waals surface area contributed by atoms with E-state index in [9.17, 15) is 19.5 Å². The summed E-state index contributed by atoms with van der Waals surface area (Å²) in [7, 11) is 0. The maximum atomic E-state index is 12.6. The van der Waals surface area contributed by atoms with Gasteiger partial charge in [0.15, 0.2) is 5.78 Å². The number of hydrogen-bond donors (Lipinski definition) is 2. The Hall–Kier alpha value is -1.59. The van der Waals surface area contributed by atoms with Gasteiger partial charge in [-0.05, 0) is 59.5 Å². The molecular weight excluding hydrogens is 440 g/mol. The maximum Gasteiger partial charge on any atom is 0.340 e. The second-order valence-electron chi connectivity index (χ2n) is 10.6. The minimum atomic E-state index is -1.37. The quantitative estimate of drug-likeness (QED) is 0.361. The Bertz CT molecular complexity index is 690. The van der Waals surface area contributed by atoms with Crippen LogP contribution < -0.4 is 5.32 Å². The molecule has 0 aromatic rings. The van der Waals surface area contributed by atoms with Crippen LogP contribution in [0.1, 0.15) is 52.9 Å². The third kappa shape index (κ3) is 8.27. The second kappa shape index (κ2) is 12.4. The highest BCUT2D eigenvalue weighted by molar-refractivity contribution is 6.01. The zero-order valence-electron chi connectivity index (χ0n) is 21.0. The van der Waals surface area contributed by atoms with E-state index in [0.717, 1.165) is 78.0 Å². The highest BCUT2D eigenvalue weighted by Gasteiger charge is 2.33. The van der Waals surface area contributed by atoms with Crippen LogP contribution in [0.15, 0.2) is 0 Å². The van der Waals surface area contributed by atoms with Gasteiger partial charge in [0, 0.05) is 52.2 Å². The van der Waals surface area contributed by atoms with Gasteiger partial charge in [-0.25, -0.2) is 14.8 Å². The molecule has 0 aliphatic carbocycles. The van der Waals surface area contributed by atoms with Crippen LogP contribution in [0.5, 0.6) is 0 Å². The number of aliphatic carboxylic acids is 1. The van der Waals surface area contributed by atoms with Crippen molar-refractivity contribution in [2.75, 3.05) is 58.9 Å². The molecule has 3 aliphatic rings. The molecule has 0 bridgehead atoms. The standard InChI is InChI=1S/C24H42N4O6/c1-24(2,3)34-23(32)18-6-12-27(13-7-18)28-16-14-26(15-17-28)11-8-20(29)21(22(30)31)33-19-4-9-25-10-5-19/h18-19,21,25H,4-17H2,1-3H3,(H,30,31). The minimum absolute atomic E-state index is 0.0305. The van der Waals surface area contributed by atoms with E-state index in [4.69, 9.17) is 9.47 Å². The molecule has 0 spiro atoms. The first-order valence-electron chi connectivity index (χ1n) is 12.7. The number of ketones is 1. The molecule has 34 heavy (non-hydrogen) atoms. The van der Waals surface area contributed by atoms with Gasteiger partial charge in [0.2, 0.25) is 6.10 Å². The van der Waals surface area contributed by atoms with Gasteiger partial charge in [-0.3, -0.25) is 9.59 Å². The Morgan fingerprint density at radius 3 is 2.09 bits per heavy atom. The lowest BCUT2D eigenvalue weighted by Crippen LogP contribution is -2.56. The lowest BCUT2D eigenvalue weighted by molar-refractivity contribution is -0.165. The number of carboxylic acid groups (broad SMARTS) is 1. The molecule has 0 amide bonds. The number of hydrazine groups is 1. The predicted molar refractivity (Wildman–Crippen MR) is 126 cm³/mol. The number of carbonyl (C=O) groups excluding carboxylic acids is 2. The van der Waals surface area contributed by atoms with E-state index in [1.54, 1.807) is 0 Å². The van der Waals surface area contributed by atoms with Gasteiger partial charge < -0.3 is 24.8 Å². The molecule has 0 radical (unpaired) electrons. The molecule has 3 heterocycles. The van der Waals surface area contributed by atoms with E-state index in [0.29, 0.717) is 6.54 Å². The Balaban J connectivity index is 1.36. The lowest BCUT2D eigenvalue weighted by atomic mass is 9.97. The third-order valence-corrected chi connectivity index (χ3v) is 6.77. The molecule has 0 aromatic carbocycles. The summed E-state index contributed by atoms with van der Waals surface area (Å²) in [5.74, 6) is -1.66. The van der Waals surface area contributed by atoms with Crippen LogP contribution in [0.2, 0.25) is 0 Å². The van der Waals surface area contributed by atoms with Gasteiger partial charge in [0.05, 0.1) is 12.0 Å². The molecule has 3 aliphatic heterocycles. The van der Waals surface area contributed by atoms with Gasteiger partial charge in [0.25, 0.3) is 0 Å². The summed E-state index contributed by atoms with van der Waals surface area (Å²) in [6.07, 6.45) is 1.71. The number of rotatable bonds is 9. The molecule has 10 nitrogen and oxygen atoms in total. The molecule has 1 unspecified atom stereocenters. The van der Waals surface area contributed by atoms with Crippen molar-refractivity contribution in [3.05, 3.63) is 0 Å². The molecule has 3 rings (SSSR count). The van der Waals surface area contributed by atoms with Gasteiger partial charge in [-0.15, -0.1) is 0 Å². The summed E-state index contributed by atoms with van der Waals surface area (Å²) in [5.41, 5.74) is -0.449. The predicted octanol–water partition coefficient (Wildman–Crippen LogP) is 0.754. The number of nitrogens with zero attached hydrogens (tertiary/aromatic N) is 3. The van der Waals surface area contributed by atoms with Crippen LogP contribution in [-0.4, -0.2) is 114 Å². The first kappa shape index (κ1) is 27.0. The Kier molecular flexibility index (Phi) is 9.84. The summed E-state index contributed by atoms with van der Waals surface area (Å²) < 4.78 is 11.2. The average molecular weight is 483 g/mol. The van der Waals surface area contributed by atoms with E-state index in [-0.39, 0.29) is 30.2 Å². The molecule has 0 saturated carbocycles. The zero-order chi connectivity index (χ0) is 24.7. The molecule has 0 aromatic heterocycles. The number of carboxylic acids is 1. The lowest BCUT2D eigenvalue weighted by Gasteiger charge is -2.43. The fraction of sp³-hybridized carbons (Fsp3) is 0.875. The summed E-state index contributed by atoms with van der Waals surface area (Å²) in [6.45, 7) is 12.9. The number of piperazine rings is 1. The molecular formula is C24H42N4O6. The van der Waals surface area contributed by atoms with Crippen LogP contribution in [0.4, 0.5) is 0 Å². The van der Waals surface area contributed by atoms with E-state index < -0.39 is 17.7 Å². The Labute approximate surface area is 202 Å². The molecule has 3 fully saturated rings. The SMILES string of the molecule is CC(C)(C)OC(=O)C1CCN(N2CCN(CCC(=O)C(OC3CCNCC3)C(=O)O)CC2)CC1. The van der Waals surface area contributed by atoms with Gasteiger partial charge >= 0.3 is 11.9 Å². The maximum absolute atomic E-state index is 12.6. The molecule has 1 atom stereocenters. The fourth-order valence-corrected chi connectivity index (χ4v) is 4.81. The van der Waals surface area contributed by atoms with Crippen LogP contribution in [0.25, 0.3) is 0 Å². The third-order valence-electron chi connectivity index (χ3n) is 6.77. The first-order valence-corrected chi connectivity index (χ1v) is 12.7. The van der Waals surface area contributed by atoms with Gasteiger partial charge in [0.1, 0.15) is 5.60 Å². The largest absolute Gasteiger partial charge is 0.479 e.